The minimum absolute atomic E-state index is 0.0912. The number of carbonyl (C=O) groups excluding carboxylic acids is 1. The second kappa shape index (κ2) is 9.88. The van der Waals surface area contributed by atoms with E-state index in [4.69, 9.17) is 17.0 Å². The highest BCUT2D eigenvalue weighted by atomic mass is 32.1. The molecule has 0 aliphatic heterocycles. The van der Waals surface area contributed by atoms with E-state index in [1.54, 1.807) is 0 Å². The Morgan fingerprint density at radius 1 is 1.00 bits per heavy atom. The molecule has 2 N–H and O–H groups in total. The molecule has 0 bridgehead atoms. The van der Waals surface area contributed by atoms with Gasteiger partial charge in [0.25, 0.3) is 0 Å². The molecule has 0 spiro atoms. The van der Waals surface area contributed by atoms with Crippen LogP contribution in [0.15, 0.2) is 36.4 Å². The van der Waals surface area contributed by atoms with Crippen molar-refractivity contribution in [3.05, 3.63) is 58.7 Å². The molecule has 2 rings (SSSR count). The fourth-order valence-electron chi connectivity index (χ4n) is 3.05. The maximum absolute atomic E-state index is 12.7. The lowest BCUT2D eigenvalue weighted by Crippen LogP contribution is -2.42. The summed E-state index contributed by atoms with van der Waals surface area (Å²) in [7, 11) is 0. The van der Waals surface area contributed by atoms with Crippen LogP contribution in [0.2, 0.25) is 0 Å². The predicted molar refractivity (Wildman–Crippen MR) is 125 cm³/mol. The van der Waals surface area contributed by atoms with Crippen LogP contribution in [0.4, 0.5) is 5.69 Å². The highest BCUT2D eigenvalue weighted by Gasteiger charge is 2.28. The zero-order valence-corrected chi connectivity index (χ0v) is 19.1. The molecule has 156 valence electrons. The molecule has 0 aliphatic rings. The monoisotopic (exact) mass is 412 g/mol. The van der Waals surface area contributed by atoms with E-state index < -0.39 is 5.41 Å². The van der Waals surface area contributed by atoms with Crippen molar-refractivity contribution in [3.63, 3.8) is 0 Å². The number of hydrogen-bond acceptors (Lipinski definition) is 3. The Bertz CT molecular complexity index is 890. The molecule has 0 atom stereocenters. The fourth-order valence-corrected chi connectivity index (χ4v) is 3.25. The first-order valence-electron chi connectivity index (χ1n) is 9.98. The van der Waals surface area contributed by atoms with E-state index >= 15 is 0 Å². The maximum Gasteiger partial charge on any atom is 0.231 e. The Balaban J connectivity index is 1.82. The van der Waals surface area contributed by atoms with E-state index in [2.05, 4.69) is 35.8 Å². The number of hydrogen-bond donors (Lipinski definition) is 2. The normalized spacial score (nSPS) is 11.1. The first-order chi connectivity index (χ1) is 13.6. The minimum Gasteiger partial charge on any atom is -0.493 e. The molecule has 29 heavy (non-hydrogen) atoms. The number of anilines is 1. The molecule has 0 saturated heterocycles. The third-order valence-electron chi connectivity index (χ3n) is 5.02. The Labute approximate surface area is 180 Å². The summed E-state index contributed by atoms with van der Waals surface area (Å²) >= 11 is 5.33. The average Bonchev–Trinajstić information content (AvgIpc) is 2.63. The van der Waals surface area contributed by atoms with Crippen LogP contribution >= 0.6 is 12.2 Å². The van der Waals surface area contributed by atoms with E-state index in [1.165, 1.54) is 11.1 Å². The van der Waals surface area contributed by atoms with E-state index in [0.29, 0.717) is 18.1 Å². The lowest BCUT2D eigenvalue weighted by molar-refractivity contribution is -0.128. The second-order valence-corrected chi connectivity index (χ2v) is 8.74. The minimum atomic E-state index is -0.543. The van der Waals surface area contributed by atoms with Gasteiger partial charge in [0, 0.05) is 11.1 Å². The van der Waals surface area contributed by atoms with Gasteiger partial charge in [-0.2, -0.15) is 0 Å². The summed E-state index contributed by atoms with van der Waals surface area (Å²) in [4.78, 5) is 12.7. The fraction of sp³-hybridized carbons (Fsp3) is 0.417. The van der Waals surface area contributed by atoms with Gasteiger partial charge in [-0.05, 0) is 81.6 Å². The molecule has 0 heterocycles. The summed E-state index contributed by atoms with van der Waals surface area (Å²) in [5, 5.41) is 6.26. The van der Waals surface area contributed by atoms with Crippen LogP contribution in [-0.2, 0) is 4.79 Å². The van der Waals surface area contributed by atoms with Crippen LogP contribution in [0.5, 0.6) is 5.75 Å². The molecule has 0 aliphatic carbocycles. The summed E-state index contributed by atoms with van der Waals surface area (Å²) in [5.41, 5.74) is 4.93. The number of carbonyl (C=O) groups is 1. The summed E-state index contributed by atoms with van der Waals surface area (Å²) < 4.78 is 5.91. The van der Waals surface area contributed by atoms with Crippen molar-refractivity contribution in [2.75, 3.05) is 11.9 Å². The summed E-state index contributed by atoms with van der Waals surface area (Å²) in [6, 6.07) is 12.2. The summed E-state index contributed by atoms with van der Waals surface area (Å²) in [6.07, 6.45) is 1.49. The molecule has 0 fully saturated rings. The molecule has 0 unspecified atom stereocenters. The molecular formula is C24H32N2O2S. The largest absolute Gasteiger partial charge is 0.493 e. The lowest BCUT2D eigenvalue weighted by Gasteiger charge is -2.24. The zero-order chi connectivity index (χ0) is 21.6. The third-order valence-corrected chi connectivity index (χ3v) is 5.22. The molecule has 0 saturated carbocycles. The van der Waals surface area contributed by atoms with Crippen molar-refractivity contribution in [2.24, 2.45) is 5.41 Å². The molecule has 2 aromatic rings. The quantitative estimate of drug-likeness (QED) is 0.458. The number of thiocarbonyl (C=S) groups is 1. The predicted octanol–water partition coefficient (Wildman–Crippen LogP) is 5.62. The highest BCUT2D eigenvalue weighted by Crippen LogP contribution is 2.24. The molecule has 0 radical (unpaired) electrons. The van der Waals surface area contributed by atoms with Crippen LogP contribution in [0.3, 0.4) is 0 Å². The Hall–Kier alpha value is -2.40. The molecular weight excluding hydrogens is 380 g/mol. The van der Waals surface area contributed by atoms with Gasteiger partial charge in [-0.25, -0.2) is 0 Å². The van der Waals surface area contributed by atoms with Crippen molar-refractivity contribution >= 4 is 28.9 Å². The molecule has 2 aromatic carbocycles. The van der Waals surface area contributed by atoms with E-state index in [-0.39, 0.29) is 5.91 Å². The molecule has 1 amide bonds. The van der Waals surface area contributed by atoms with Gasteiger partial charge in [-0.15, -0.1) is 0 Å². The SMILES string of the molecule is Cc1ccc(NC(=S)NC(=O)C(C)(C)CCCOc2cc(C)ccc2C)c(C)c1. The topological polar surface area (TPSA) is 50.4 Å². The van der Waals surface area contributed by atoms with Crippen LogP contribution in [-0.4, -0.2) is 17.6 Å². The van der Waals surface area contributed by atoms with Gasteiger partial charge in [0.05, 0.1) is 6.61 Å². The first kappa shape index (κ1) is 22.9. The number of rotatable bonds is 7. The standard InChI is InChI=1S/C24H32N2O2S/c1-16-9-11-20(19(4)14-16)25-23(29)26-22(27)24(5,6)12-7-13-28-21-15-17(2)8-10-18(21)3/h8-11,14-15H,7,12-13H2,1-6H3,(H2,25,26,27,29). The van der Waals surface area contributed by atoms with Crippen LogP contribution in [0.25, 0.3) is 0 Å². The summed E-state index contributed by atoms with van der Waals surface area (Å²) in [6.45, 7) is 12.6. The van der Waals surface area contributed by atoms with Crippen molar-refractivity contribution in [2.45, 2.75) is 54.4 Å². The van der Waals surface area contributed by atoms with Crippen LogP contribution in [0, 0.1) is 33.1 Å². The maximum atomic E-state index is 12.7. The van der Waals surface area contributed by atoms with Crippen molar-refractivity contribution in [1.29, 1.82) is 0 Å². The second-order valence-electron chi connectivity index (χ2n) is 8.33. The van der Waals surface area contributed by atoms with Gasteiger partial charge < -0.3 is 15.4 Å². The Kier molecular flexibility index (Phi) is 7.80. The smallest absolute Gasteiger partial charge is 0.231 e. The van der Waals surface area contributed by atoms with Gasteiger partial charge in [0.2, 0.25) is 5.91 Å². The lowest BCUT2D eigenvalue weighted by atomic mass is 9.87. The number of benzene rings is 2. The third kappa shape index (κ3) is 6.86. The number of ether oxygens (including phenoxy) is 1. The van der Waals surface area contributed by atoms with E-state index in [0.717, 1.165) is 29.0 Å². The van der Waals surface area contributed by atoms with Crippen molar-refractivity contribution < 1.29 is 9.53 Å². The Morgan fingerprint density at radius 2 is 1.66 bits per heavy atom. The van der Waals surface area contributed by atoms with Crippen LogP contribution in [0.1, 0.15) is 48.9 Å². The van der Waals surface area contributed by atoms with Crippen molar-refractivity contribution in [1.82, 2.24) is 5.32 Å². The van der Waals surface area contributed by atoms with E-state index in [1.807, 2.05) is 52.8 Å². The van der Waals surface area contributed by atoms with Crippen LogP contribution < -0.4 is 15.4 Å². The number of aryl methyl sites for hydroxylation is 4. The average molecular weight is 413 g/mol. The molecule has 5 heteroatoms. The molecule has 0 aromatic heterocycles. The van der Waals surface area contributed by atoms with E-state index in [9.17, 15) is 4.79 Å². The Morgan fingerprint density at radius 3 is 2.34 bits per heavy atom. The van der Waals surface area contributed by atoms with Gasteiger partial charge in [-0.3, -0.25) is 4.79 Å². The number of amides is 1. The van der Waals surface area contributed by atoms with Gasteiger partial charge in [-0.1, -0.05) is 43.7 Å². The van der Waals surface area contributed by atoms with Gasteiger partial charge in [0.1, 0.15) is 5.75 Å². The highest BCUT2D eigenvalue weighted by molar-refractivity contribution is 7.80. The first-order valence-corrected chi connectivity index (χ1v) is 10.4. The van der Waals surface area contributed by atoms with Crippen molar-refractivity contribution in [3.8, 4) is 5.75 Å². The zero-order valence-electron chi connectivity index (χ0n) is 18.3. The number of nitrogens with one attached hydrogen (secondary N) is 2. The van der Waals surface area contributed by atoms with Gasteiger partial charge in [0.15, 0.2) is 5.11 Å². The van der Waals surface area contributed by atoms with Gasteiger partial charge >= 0.3 is 0 Å². The molecule has 4 nitrogen and oxygen atoms in total. The summed E-state index contributed by atoms with van der Waals surface area (Å²) in [5.74, 6) is 0.817.